The minimum atomic E-state index is 0.0375. The van der Waals surface area contributed by atoms with E-state index in [1.165, 1.54) is 18.4 Å². The molecule has 1 aliphatic rings. The SMILES string of the molecule is CCC(C)C(C(=O)C1=CCCCC1)c1ccccc1. The average molecular weight is 256 g/mol. The molecule has 1 aromatic rings. The number of allylic oxidation sites excluding steroid dienone is 2. The highest BCUT2D eigenvalue weighted by Crippen LogP contribution is 2.32. The van der Waals surface area contributed by atoms with E-state index in [0.29, 0.717) is 11.7 Å². The Hall–Kier alpha value is -1.37. The molecule has 0 heterocycles. The first-order valence-electron chi connectivity index (χ1n) is 7.52. The quantitative estimate of drug-likeness (QED) is 0.733. The predicted molar refractivity (Wildman–Crippen MR) is 80.2 cm³/mol. The molecule has 0 fully saturated rings. The first-order valence-corrected chi connectivity index (χ1v) is 7.52. The van der Waals surface area contributed by atoms with E-state index in [0.717, 1.165) is 24.8 Å². The van der Waals surface area contributed by atoms with Crippen molar-refractivity contribution in [3.05, 3.63) is 47.5 Å². The molecular formula is C18H24O. The van der Waals surface area contributed by atoms with Gasteiger partial charge < -0.3 is 0 Å². The summed E-state index contributed by atoms with van der Waals surface area (Å²) in [4.78, 5) is 12.8. The standard InChI is InChI=1S/C18H24O/c1-3-14(2)17(15-10-6-4-7-11-15)18(19)16-12-8-5-9-13-16/h4,6-7,10-12,14,17H,3,5,8-9,13H2,1-2H3. The second-order valence-corrected chi connectivity index (χ2v) is 5.61. The Morgan fingerprint density at radius 3 is 2.53 bits per heavy atom. The summed E-state index contributed by atoms with van der Waals surface area (Å²) in [5, 5.41) is 0. The van der Waals surface area contributed by atoms with E-state index in [4.69, 9.17) is 0 Å². The fraction of sp³-hybridized carbons (Fsp3) is 0.500. The molecule has 1 aliphatic carbocycles. The number of hydrogen-bond acceptors (Lipinski definition) is 1. The Kier molecular flexibility index (Phi) is 4.95. The van der Waals surface area contributed by atoms with Gasteiger partial charge in [-0.15, -0.1) is 0 Å². The first-order chi connectivity index (χ1) is 9.24. The maximum absolute atomic E-state index is 12.8. The topological polar surface area (TPSA) is 17.1 Å². The Balaban J connectivity index is 2.28. The second-order valence-electron chi connectivity index (χ2n) is 5.61. The van der Waals surface area contributed by atoms with Gasteiger partial charge in [0.1, 0.15) is 0 Å². The Bertz CT molecular complexity index is 444. The number of ketones is 1. The molecule has 0 aliphatic heterocycles. The summed E-state index contributed by atoms with van der Waals surface area (Å²) in [6, 6.07) is 10.3. The Morgan fingerprint density at radius 2 is 1.95 bits per heavy atom. The molecule has 19 heavy (non-hydrogen) atoms. The molecule has 0 saturated carbocycles. The van der Waals surface area contributed by atoms with Crippen molar-refractivity contribution in [3.8, 4) is 0 Å². The van der Waals surface area contributed by atoms with E-state index in [9.17, 15) is 4.79 Å². The van der Waals surface area contributed by atoms with Crippen LogP contribution < -0.4 is 0 Å². The van der Waals surface area contributed by atoms with Gasteiger partial charge in [-0.2, -0.15) is 0 Å². The van der Waals surface area contributed by atoms with Crippen LogP contribution in [-0.4, -0.2) is 5.78 Å². The third kappa shape index (κ3) is 3.34. The summed E-state index contributed by atoms with van der Waals surface area (Å²) in [5.74, 6) is 0.800. The molecule has 2 unspecified atom stereocenters. The molecule has 0 aromatic heterocycles. The van der Waals surface area contributed by atoms with Crippen molar-refractivity contribution >= 4 is 5.78 Å². The third-order valence-electron chi connectivity index (χ3n) is 4.26. The molecule has 0 bridgehead atoms. The number of rotatable bonds is 5. The van der Waals surface area contributed by atoms with Crippen molar-refractivity contribution in [2.24, 2.45) is 5.92 Å². The minimum absolute atomic E-state index is 0.0375. The highest BCUT2D eigenvalue weighted by molar-refractivity contribution is 6.00. The first kappa shape index (κ1) is 14.0. The van der Waals surface area contributed by atoms with Crippen LogP contribution in [0.15, 0.2) is 42.0 Å². The fourth-order valence-corrected chi connectivity index (χ4v) is 2.90. The zero-order chi connectivity index (χ0) is 13.7. The summed E-state index contributed by atoms with van der Waals surface area (Å²) in [5.41, 5.74) is 2.24. The molecule has 1 nitrogen and oxygen atoms in total. The van der Waals surface area contributed by atoms with Gasteiger partial charge in [-0.3, -0.25) is 4.79 Å². The molecule has 1 heteroatoms. The summed E-state index contributed by atoms with van der Waals surface area (Å²) in [6.45, 7) is 4.36. The van der Waals surface area contributed by atoms with Gasteiger partial charge in [0.25, 0.3) is 0 Å². The monoisotopic (exact) mass is 256 g/mol. The van der Waals surface area contributed by atoms with Crippen LogP contribution in [0.25, 0.3) is 0 Å². The van der Waals surface area contributed by atoms with Gasteiger partial charge in [0.05, 0.1) is 0 Å². The van der Waals surface area contributed by atoms with Crippen molar-refractivity contribution in [1.82, 2.24) is 0 Å². The Morgan fingerprint density at radius 1 is 1.21 bits per heavy atom. The molecular weight excluding hydrogens is 232 g/mol. The lowest BCUT2D eigenvalue weighted by Crippen LogP contribution is -2.22. The van der Waals surface area contributed by atoms with Gasteiger partial charge in [0.15, 0.2) is 5.78 Å². The van der Waals surface area contributed by atoms with Crippen LogP contribution in [0.3, 0.4) is 0 Å². The Labute approximate surface area is 116 Å². The third-order valence-corrected chi connectivity index (χ3v) is 4.26. The number of carbonyl (C=O) groups excluding carboxylic acids is 1. The highest BCUT2D eigenvalue weighted by atomic mass is 16.1. The molecule has 0 spiro atoms. The number of Topliss-reactive ketones (excluding diaryl/α,β-unsaturated/α-hetero) is 1. The van der Waals surface area contributed by atoms with E-state index in [1.807, 2.05) is 18.2 Å². The zero-order valence-corrected chi connectivity index (χ0v) is 12.1. The molecule has 2 rings (SSSR count). The van der Waals surface area contributed by atoms with Gasteiger partial charge in [-0.05, 0) is 42.7 Å². The summed E-state index contributed by atoms with van der Waals surface area (Å²) in [7, 11) is 0. The fourth-order valence-electron chi connectivity index (χ4n) is 2.90. The highest BCUT2D eigenvalue weighted by Gasteiger charge is 2.28. The number of carbonyl (C=O) groups is 1. The molecule has 0 radical (unpaired) electrons. The van der Waals surface area contributed by atoms with Crippen LogP contribution in [0.2, 0.25) is 0 Å². The maximum atomic E-state index is 12.8. The minimum Gasteiger partial charge on any atom is -0.294 e. The summed E-state index contributed by atoms with van der Waals surface area (Å²) < 4.78 is 0. The van der Waals surface area contributed by atoms with Crippen LogP contribution in [0.1, 0.15) is 57.4 Å². The number of hydrogen-bond donors (Lipinski definition) is 0. The molecule has 2 atom stereocenters. The van der Waals surface area contributed by atoms with Crippen molar-refractivity contribution in [2.75, 3.05) is 0 Å². The molecule has 102 valence electrons. The van der Waals surface area contributed by atoms with Gasteiger partial charge in [-0.1, -0.05) is 56.7 Å². The lowest BCUT2D eigenvalue weighted by atomic mass is 9.78. The van der Waals surface area contributed by atoms with E-state index in [2.05, 4.69) is 32.1 Å². The second kappa shape index (κ2) is 6.70. The van der Waals surface area contributed by atoms with E-state index < -0.39 is 0 Å². The van der Waals surface area contributed by atoms with Crippen molar-refractivity contribution in [2.45, 2.75) is 51.9 Å². The maximum Gasteiger partial charge on any atom is 0.166 e. The van der Waals surface area contributed by atoms with Crippen molar-refractivity contribution in [3.63, 3.8) is 0 Å². The van der Waals surface area contributed by atoms with Gasteiger partial charge in [-0.25, -0.2) is 0 Å². The van der Waals surface area contributed by atoms with Gasteiger partial charge in [0, 0.05) is 5.92 Å². The molecule has 1 aromatic carbocycles. The number of benzene rings is 1. The molecule has 0 saturated heterocycles. The van der Waals surface area contributed by atoms with Crippen molar-refractivity contribution in [1.29, 1.82) is 0 Å². The molecule has 0 amide bonds. The van der Waals surface area contributed by atoms with Crippen molar-refractivity contribution < 1.29 is 4.79 Å². The van der Waals surface area contributed by atoms with Crippen LogP contribution >= 0.6 is 0 Å². The largest absolute Gasteiger partial charge is 0.294 e. The summed E-state index contributed by atoms with van der Waals surface area (Å²) >= 11 is 0. The van der Waals surface area contributed by atoms with Gasteiger partial charge >= 0.3 is 0 Å². The lowest BCUT2D eigenvalue weighted by Gasteiger charge is -2.24. The smallest absolute Gasteiger partial charge is 0.166 e. The van der Waals surface area contributed by atoms with Crippen LogP contribution in [-0.2, 0) is 4.79 Å². The van der Waals surface area contributed by atoms with Gasteiger partial charge in [0.2, 0.25) is 0 Å². The normalized spacial score (nSPS) is 18.5. The lowest BCUT2D eigenvalue weighted by molar-refractivity contribution is -0.118. The van der Waals surface area contributed by atoms with E-state index in [1.54, 1.807) is 0 Å². The average Bonchev–Trinajstić information content (AvgIpc) is 2.49. The van der Waals surface area contributed by atoms with E-state index in [-0.39, 0.29) is 5.92 Å². The zero-order valence-electron chi connectivity index (χ0n) is 12.1. The van der Waals surface area contributed by atoms with E-state index >= 15 is 0 Å². The van der Waals surface area contributed by atoms with Crippen LogP contribution in [0.4, 0.5) is 0 Å². The van der Waals surface area contributed by atoms with Crippen LogP contribution in [0, 0.1) is 5.92 Å². The predicted octanol–water partition coefficient (Wildman–Crippen LogP) is 4.89. The molecule has 0 N–H and O–H groups in total. The summed E-state index contributed by atoms with van der Waals surface area (Å²) in [6.07, 6.45) is 7.65. The van der Waals surface area contributed by atoms with Crippen LogP contribution in [0.5, 0.6) is 0 Å².